The number of hydrogen-bond acceptors (Lipinski definition) is 4. The van der Waals surface area contributed by atoms with Crippen LogP contribution in [-0.2, 0) is 11.2 Å². The number of carbonyl (C=O) groups excluding carboxylic acids is 1. The van der Waals surface area contributed by atoms with Crippen LogP contribution in [0.3, 0.4) is 0 Å². The van der Waals surface area contributed by atoms with E-state index < -0.39 is 0 Å². The average molecular weight is 345 g/mol. The minimum Gasteiger partial charge on any atom is -0.363 e. The van der Waals surface area contributed by atoms with Crippen LogP contribution >= 0.6 is 0 Å². The van der Waals surface area contributed by atoms with E-state index in [0.29, 0.717) is 6.04 Å². The zero-order valence-corrected chi connectivity index (χ0v) is 16.1. The zero-order chi connectivity index (χ0) is 18.2. The molecule has 0 spiro atoms. The van der Waals surface area contributed by atoms with Crippen LogP contribution in [0.4, 0.5) is 5.82 Å². The average Bonchev–Trinajstić information content (AvgIpc) is 2.60. The molecule has 0 saturated carbocycles. The highest BCUT2D eigenvalue weighted by atomic mass is 16.2. The Morgan fingerprint density at radius 3 is 2.80 bits per heavy atom. The second-order valence-electron chi connectivity index (χ2n) is 7.27. The quantitative estimate of drug-likeness (QED) is 0.713. The van der Waals surface area contributed by atoms with E-state index in [1.165, 1.54) is 6.42 Å². The van der Waals surface area contributed by atoms with Crippen molar-refractivity contribution in [1.82, 2.24) is 14.8 Å². The molecule has 138 valence electrons. The number of amides is 1. The summed E-state index contributed by atoms with van der Waals surface area (Å²) in [5, 5.41) is 0. The molecule has 1 fully saturated rings. The number of carbonyl (C=O) groups is 1. The zero-order valence-electron chi connectivity index (χ0n) is 16.1. The summed E-state index contributed by atoms with van der Waals surface area (Å²) in [7, 11) is 8.03. The van der Waals surface area contributed by atoms with Gasteiger partial charge in [-0.3, -0.25) is 4.79 Å². The van der Waals surface area contributed by atoms with E-state index >= 15 is 0 Å². The Labute approximate surface area is 152 Å². The Kier molecular flexibility index (Phi) is 7.44. The van der Waals surface area contributed by atoms with Crippen molar-refractivity contribution in [2.24, 2.45) is 0 Å². The summed E-state index contributed by atoms with van der Waals surface area (Å²) >= 11 is 0. The molecule has 1 aliphatic heterocycles. The Morgan fingerprint density at radius 1 is 1.28 bits per heavy atom. The van der Waals surface area contributed by atoms with Crippen molar-refractivity contribution >= 4 is 11.7 Å². The number of hydrogen-bond donors (Lipinski definition) is 0. The Balaban J connectivity index is 1.95. The highest BCUT2D eigenvalue weighted by Gasteiger charge is 2.25. The van der Waals surface area contributed by atoms with E-state index in [4.69, 9.17) is 4.98 Å². The summed E-state index contributed by atoms with van der Waals surface area (Å²) in [6.07, 6.45) is 9.01. The van der Waals surface area contributed by atoms with Crippen LogP contribution in [0.1, 0.15) is 31.4 Å². The van der Waals surface area contributed by atoms with Gasteiger partial charge >= 0.3 is 0 Å². The van der Waals surface area contributed by atoms with Crippen molar-refractivity contribution in [3.8, 4) is 0 Å². The van der Waals surface area contributed by atoms with Crippen molar-refractivity contribution < 1.29 is 4.79 Å². The largest absolute Gasteiger partial charge is 0.363 e. The molecule has 1 aromatic rings. The number of rotatable bonds is 7. The summed E-state index contributed by atoms with van der Waals surface area (Å²) in [5.41, 5.74) is 1.10. The Morgan fingerprint density at radius 2 is 2.08 bits per heavy atom. The second kappa shape index (κ2) is 9.56. The first-order valence-corrected chi connectivity index (χ1v) is 9.22. The maximum atomic E-state index is 12.5. The van der Waals surface area contributed by atoms with E-state index in [-0.39, 0.29) is 5.91 Å². The van der Waals surface area contributed by atoms with Crippen molar-refractivity contribution in [2.75, 3.05) is 46.2 Å². The first kappa shape index (κ1) is 19.4. The van der Waals surface area contributed by atoms with Crippen molar-refractivity contribution in [3.63, 3.8) is 0 Å². The number of nitrogens with zero attached hydrogens (tertiary/aromatic N) is 4. The number of piperidine rings is 1. The van der Waals surface area contributed by atoms with Gasteiger partial charge in [-0.15, -0.1) is 0 Å². The van der Waals surface area contributed by atoms with Gasteiger partial charge in [0.2, 0.25) is 5.91 Å². The van der Waals surface area contributed by atoms with E-state index in [9.17, 15) is 4.79 Å². The molecule has 25 heavy (non-hydrogen) atoms. The van der Waals surface area contributed by atoms with Crippen LogP contribution in [0.2, 0.25) is 0 Å². The maximum absolute atomic E-state index is 12.5. The number of likely N-dealkylation sites (N-methyl/N-ethyl adjacent to an activating group) is 1. The molecule has 0 N–H and O–H groups in total. The number of likely N-dealkylation sites (tertiary alicyclic amines) is 1. The third-order valence-corrected chi connectivity index (χ3v) is 4.63. The molecular formula is C20H32N4O. The fourth-order valence-electron chi connectivity index (χ4n) is 3.22. The molecule has 1 unspecified atom stereocenters. The molecular weight excluding hydrogens is 312 g/mol. The van der Waals surface area contributed by atoms with Crippen LogP contribution in [-0.4, -0.2) is 68.0 Å². The van der Waals surface area contributed by atoms with Crippen LogP contribution < -0.4 is 4.90 Å². The van der Waals surface area contributed by atoms with Gasteiger partial charge in [0.1, 0.15) is 5.82 Å². The first-order valence-electron chi connectivity index (χ1n) is 9.22. The molecule has 5 heteroatoms. The number of aryl methyl sites for hydroxylation is 1. The topological polar surface area (TPSA) is 39.7 Å². The van der Waals surface area contributed by atoms with Gasteiger partial charge < -0.3 is 14.7 Å². The lowest BCUT2D eigenvalue weighted by Crippen LogP contribution is -2.43. The van der Waals surface area contributed by atoms with Crippen molar-refractivity contribution in [3.05, 3.63) is 36.0 Å². The first-order chi connectivity index (χ1) is 12.0. The van der Waals surface area contributed by atoms with Gasteiger partial charge in [0, 0.05) is 45.0 Å². The highest BCUT2D eigenvalue weighted by molar-refractivity contribution is 5.87. The smallest absolute Gasteiger partial charge is 0.246 e. The third kappa shape index (κ3) is 6.16. The van der Waals surface area contributed by atoms with Gasteiger partial charge in [-0.05, 0) is 58.3 Å². The van der Waals surface area contributed by atoms with Gasteiger partial charge in [-0.25, -0.2) is 4.98 Å². The Bertz CT molecular complexity index is 583. The predicted molar refractivity (Wildman–Crippen MR) is 104 cm³/mol. The molecule has 2 rings (SSSR count). The molecule has 2 heterocycles. The minimum atomic E-state index is 0.154. The van der Waals surface area contributed by atoms with Gasteiger partial charge in [0.25, 0.3) is 0 Å². The fraction of sp³-hybridized carbons (Fsp3) is 0.600. The minimum absolute atomic E-state index is 0.154. The lowest BCUT2D eigenvalue weighted by molar-refractivity contribution is -0.129. The van der Waals surface area contributed by atoms with E-state index in [0.717, 1.165) is 50.3 Å². The molecule has 1 aliphatic rings. The standard InChI is InChI=1S/C20H32N4O/c1-22(2)15-8-12-20(25)24-16-6-5-10-18(24)14-13-17-9-7-11-19(21-17)23(3)4/h7-9,11-12,18H,5-6,10,13-16H2,1-4H3/b12-8+. The molecule has 0 radical (unpaired) electrons. The molecule has 0 bridgehead atoms. The second-order valence-corrected chi connectivity index (χ2v) is 7.27. The van der Waals surface area contributed by atoms with Crippen LogP contribution in [0, 0.1) is 0 Å². The number of anilines is 1. The number of aromatic nitrogens is 1. The van der Waals surface area contributed by atoms with Gasteiger partial charge in [-0.2, -0.15) is 0 Å². The molecule has 0 aromatic carbocycles. The van der Waals surface area contributed by atoms with Crippen LogP contribution in [0.5, 0.6) is 0 Å². The number of pyridine rings is 1. The SMILES string of the molecule is CN(C)C/C=C/C(=O)N1CCCCC1CCc1cccc(N(C)C)n1. The molecule has 1 aromatic heterocycles. The van der Waals surface area contributed by atoms with E-state index in [1.807, 2.05) is 45.2 Å². The Hall–Kier alpha value is -1.88. The van der Waals surface area contributed by atoms with Crippen LogP contribution in [0.15, 0.2) is 30.4 Å². The monoisotopic (exact) mass is 344 g/mol. The summed E-state index contributed by atoms with van der Waals surface area (Å²) in [5.74, 6) is 1.14. The lowest BCUT2D eigenvalue weighted by Gasteiger charge is -2.35. The van der Waals surface area contributed by atoms with Gasteiger partial charge in [-0.1, -0.05) is 12.1 Å². The van der Waals surface area contributed by atoms with Crippen molar-refractivity contribution in [2.45, 2.75) is 38.1 Å². The molecule has 0 aliphatic carbocycles. The fourth-order valence-corrected chi connectivity index (χ4v) is 3.22. The highest BCUT2D eigenvalue weighted by Crippen LogP contribution is 2.22. The maximum Gasteiger partial charge on any atom is 0.246 e. The molecule has 5 nitrogen and oxygen atoms in total. The summed E-state index contributed by atoms with van der Waals surface area (Å²) < 4.78 is 0. The third-order valence-electron chi connectivity index (χ3n) is 4.63. The van der Waals surface area contributed by atoms with E-state index in [2.05, 4.69) is 21.9 Å². The van der Waals surface area contributed by atoms with Crippen molar-refractivity contribution in [1.29, 1.82) is 0 Å². The normalized spacial score (nSPS) is 18.1. The lowest BCUT2D eigenvalue weighted by atomic mass is 9.97. The summed E-state index contributed by atoms with van der Waals surface area (Å²) in [6.45, 7) is 1.67. The van der Waals surface area contributed by atoms with Gasteiger partial charge in [0.05, 0.1) is 0 Å². The van der Waals surface area contributed by atoms with Crippen LogP contribution in [0.25, 0.3) is 0 Å². The predicted octanol–water partition coefficient (Wildman–Crippen LogP) is 2.58. The van der Waals surface area contributed by atoms with Gasteiger partial charge in [0.15, 0.2) is 0 Å². The summed E-state index contributed by atoms with van der Waals surface area (Å²) in [4.78, 5) is 23.4. The van der Waals surface area contributed by atoms with E-state index in [1.54, 1.807) is 6.08 Å². The summed E-state index contributed by atoms with van der Waals surface area (Å²) in [6, 6.07) is 6.50. The molecule has 1 amide bonds. The molecule has 1 saturated heterocycles. The molecule has 1 atom stereocenters.